The van der Waals surface area contributed by atoms with Gasteiger partial charge in [-0.25, -0.2) is 9.48 Å². The van der Waals surface area contributed by atoms with Crippen molar-refractivity contribution >= 4 is 11.7 Å². The van der Waals surface area contributed by atoms with Gasteiger partial charge in [0.05, 0.1) is 5.69 Å². The molecule has 26 heavy (non-hydrogen) atoms. The van der Waals surface area contributed by atoms with Gasteiger partial charge in [-0.1, -0.05) is 43.3 Å². The van der Waals surface area contributed by atoms with Crippen molar-refractivity contribution in [3.63, 3.8) is 0 Å². The number of urea groups is 1. The minimum absolute atomic E-state index is 0.200. The van der Waals surface area contributed by atoms with Crippen LogP contribution in [0, 0.1) is 6.92 Å². The minimum atomic E-state index is -0.200. The molecule has 0 radical (unpaired) electrons. The van der Waals surface area contributed by atoms with Gasteiger partial charge < -0.3 is 10.6 Å². The third-order valence-electron chi connectivity index (χ3n) is 4.45. The Balaban J connectivity index is 1.61. The van der Waals surface area contributed by atoms with E-state index in [0.29, 0.717) is 12.5 Å². The predicted molar refractivity (Wildman–Crippen MR) is 105 cm³/mol. The van der Waals surface area contributed by atoms with Crippen LogP contribution in [0.15, 0.2) is 66.9 Å². The van der Waals surface area contributed by atoms with Gasteiger partial charge in [-0.15, -0.1) is 0 Å². The molecule has 1 atom stereocenters. The summed E-state index contributed by atoms with van der Waals surface area (Å²) in [6.07, 6.45) is 2.73. The van der Waals surface area contributed by atoms with Crippen molar-refractivity contribution in [1.82, 2.24) is 15.1 Å². The second-order valence-corrected chi connectivity index (χ2v) is 6.29. The van der Waals surface area contributed by atoms with Crippen LogP contribution >= 0.6 is 0 Å². The summed E-state index contributed by atoms with van der Waals surface area (Å²) in [5.41, 5.74) is 3.94. The summed E-state index contributed by atoms with van der Waals surface area (Å²) in [7, 11) is 0. The van der Waals surface area contributed by atoms with Crippen molar-refractivity contribution in [2.75, 3.05) is 11.9 Å². The zero-order valence-electron chi connectivity index (χ0n) is 15.1. The van der Waals surface area contributed by atoms with Crippen LogP contribution < -0.4 is 10.6 Å². The van der Waals surface area contributed by atoms with Gasteiger partial charge in [0.25, 0.3) is 0 Å². The molecule has 0 saturated heterocycles. The molecule has 0 saturated carbocycles. The number of aryl methyl sites for hydroxylation is 1. The molecule has 2 N–H and O–H groups in total. The normalized spacial score (nSPS) is 11.8. The summed E-state index contributed by atoms with van der Waals surface area (Å²) in [6.45, 7) is 4.73. The number of carbonyl (C=O) groups is 1. The molecule has 2 aromatic carbocycles. The average Bonchev–Trinajstić information content (AvgIpc) is 3.09. The molecule has 5 nitrogen and oxygen atoms in total. The van der Waals surface area contributed by atoms with Crippen LogP contribution in [-0.4, -0.2) is 22.4 Å². The average molecular weight is 348 g/mol. The molecular weight excluding hydrogens is 324 g/mol. The number of rotatable bonds is 6. The topological polar surface area (TPSA) is 59.0 Å². The van der Waals surface area contributed by atoms with Gasteiger partial charge >= 0.3 is 6.03 Å². The van der Waals surface area contributed by atoms with Gasteiger partial charge in [-0.2, -0.15) is 5.10 Å². The summed E-state index contributed by atoms with van der Waals surface area (Å²) < 4.78 is 1.84. The van der Waals surface area contributed by atoms with Gasteiger partial charge in [-0.3, -0.25) is 0 Å². The summed E-state index contributed by atoms with van der Waals surface area (Å²) in [5, 5.41) is 10.2. The standard InChI is InChI=1S/C21H24N4O/c1-3-17(18-8-5-4-6-9-18)15-22-21(26)24-19-10-7-11-20(14-19)25-16(2)12-13-23-25/h4-14,17H,3,15H2,1-2H3,(H2,22,24,26). The highest BCUT2D eigenvalue weighted by Gasteiger charge is 2.11. The summed E-state index contributed by atoms with van der Waals surface area (Å²) in [4.78, 5) is 12.3. The molecule has 1 aromatic heterocycles. The molecule has 3 rings (SSSR count). The van der Waals surface area contributed by atoms with E-state index in [0.717, 1.165) is 23.5 Å². The maximum Gasteiger partial charge on any atom is 0.319 e. The summed E-state index contributed by atoms with van der Waals surface area (Å²) >= 11 is 0. The molecule has 0 aliphatic rings. The number of benzene rings is 2. The Bertz CT molecular complexity index is 857. The van der Waals surface area contributed by atoms with Gasteiger partial charge in [0.1, 0.15) is 0 Å². The minimum Gasteiger partial charge on any atom is -0.337 e. The molecule has 0 spiro atoms. The molecule has 1 heterocycles. The van der Waals surface area contributed by atoms with Crippen LogP contribution in [0.1, 0.15) is 30.5 Å². The van der Waals surface area contributed by atoms with E-state index in [1.54, 1.807) is 6.20 Å². The molecule has 0 aliphatic carbocycles. The van der Waals surface area contributed by atoms with Gasteiger partial charge in [0.15, 0.2) is 0 Å². The zero-order chi connectivity index (χ0) is 18.4. The van der Waals surface area contributed by atoms with E-state index in [4.69, 9.17) is 0 Å². The number of amides is 2. The van der Waals surface area contributed by atoms with Gasteiger partial charge in [0, 0.05) is 30.0 Å². The molecule has 5 heteroatoms. The SMILES string of the molecule is CCC(CNC(=O)Nc1cccc(-n2nccc2C)c1)c1ccccc1. The second kappa shape index (κ2) is 8.34. The maximum absolute atomic E-state index is 12.3. The molecule has 3 aromatic rings. The van der Waals surface area contributed by atoms with Gasteiger partial charge in [0.2, 0.25) is 0 Å². The molecule has 134 valence electrons. The second-order valence-electron chi connectivity index (χ2n) is 6.29. The summed E-state index contributed by atoms with van der Waals surface area (Å²) in [5.74, 6) is 0.306. The third-order valence-corrected chi connectivity index (χ3v) is 4.45. The number of anilines is 1. The Labute approximate surface area is 154 Å². The van der Waals surface area contributed by atoms with E-state index in [9.17, 15) is 4.79 Å². The van der Waals surface area contributed by atoms with Crippen LogP contribution in [0.2, 0.25) is 0 Å². The lowest BCUT2D eigenvalue weighted by Crippen LogP contribution is -2.32. The number of hydrogen-bond acceptors (Lipinski definition) is 2. The fourth-order valence-electron chi connectivity index (χ4n) is 2.97. The van der Waals surface area contributed by atoms with Crippen molar-refractivity contribution in [1.29, 1.82) is 0 Å². The largest absolute Gasteiger partial charge is 0.337 e. The Morgan fingerprint density at radius 2 is 1.92 bits per heavy atom. The summed E-state index contributed by atoms with van der Waals surface area (Å²) in [6, 6.07) is 19.7. The van der Waals surface area contributed by atoms with E-state index in [1.807, 2.05) is 60.1 Å². The maximum atomic E-state index is 12.3. The molecule has 0 bridgehead atoms. The quantitative estimate of drug-likeness (QED) is 0.689. The van der Waals surface area contributed by atoms with Crippen molar-refractivity contribution < 1.29 is 4.79 Å². The van der Waals surface area contributed by atoms with Crippen LogP contribution in [0.3, 0.4) is 0 Å². The van der Waals surface area contributed by atoms with E-state index in [-0.39, 0.29) is 6.03 Å². The number of nitrogens with one attached hydrogen (secondary N) is 2. The highest BCUT2D eigenvalue weighted by molar-refractivity contribution is 5.89. The van der Waals surface area contributed by atoms with E-state index in [2.05, 4.69) is 34.8 Å². The number of hydrogen-bond donors (Lipinski definition) is 2. The fraction of sp³-hybridized carbons (Fsp3) is 0.238. The first-order valence-corrected chi connectivity index (χ1v) is 8.88. The lowest BCUT2D eigenvalue weighted by Gasteiger charge is -2.16. The highest BCUT2D eigenvalue weighted by atomic mass is 16.2. The van der Waals surface area contributed by atoms with Gasteiger partial charge in [-0.05, 0) is 43.2 Å². The van der Waals surface area contributed by atoms with E-state index in [1.165, 1.54) is 5.56 Å². The van der Waals surface area contributed by atoms with Crippen LogP contribution in [0.4, 0.5) is 10.5 Å². The van der Waals surface area contributed by atoms with Crippen molar-refractivity contribution in [3.05, 3.63) is 78.1 Å². The Morgan fingerprint density at radius 3 is 2.62 bits per heavy atom. The third kappa shape index (κ3) is 4.30. The highest BCUT2D eigenvalue weighted by Crippen LogP contribution is 2.18. The van der Waals surface area contributed by atoms with Crippen LogP contribution in [0.25, 0.3) is 5.69 Å². The molecular formula is C21H24N4O. The van der Waals surface area contributed by atoms with Crippen molar-refractivity contribution in [2.24, 2.45) is 0 Å². The predicted octanol–water partition coefficient (Wildman–Crippen LogP) is 4.50. The smallest absolute Gasteiger partial charge is 0.319 e. The lowest BCUT2D eigenvalue weighted by atomic mass is 9.97. The van der Waals surface area contributed by atoms with Crippen molar-refractivity contribution in [3.8, 4) is 5.69 Å². The van der Waals surface area contributed by atoms with E-state index < -0.39 is 0 Å². The molecule has 2 amide bonds. The molecule has 1 unspecified atom stereocenters. The first kappa shape index (κ1) is 17.7. The Morgan fingerprint density at radius 1 is 1.12 bits per heavy atom. The zero-order valence-corrected chi connectivity index (χ0v) is 15.1. The van der Waals surface area contributed by atoms with Crippen LogP contribution in [0.5, 0.6) is 0 Å². The Kier molecular flexibility index (Phi) is 5.69. The van der Waals surface area contributed by atoms with Crippen LogP contribution in [-0.2, 0) is 0 Å². The molecule has 0 fully saturated rings. The first-order valence-electron chi connectivity index (χ1n) is 8.88. The lowest BCUT2D eigenvalue weighted by molar-refractivity contribution is 0.251. The fourth-order valence-corrected chi connectivity index (χ4v) is 2.97. The first-order chi connectivity index (χ1) is 12.7. The Hall–Kier alpha value is -3.08. The number of aromatic nitrogens is 2. The number of carbonyl (C=O) groups excluding carboxylic acids is 1. The van der Waals surface area contributed by atoms with E-state index >= 15 is 0 Å². The van der Waals surface area contributed by atoms with Crippen molar-refractivity contribution in [2.45, 2.75) is 26.2 Å². The molecule has 0 aliphatic heterocycles. The number of nitrogens with zero attached hydrogens (tertiary/aromatic N) is 2. The monoisotopic (exact) mass is 348 g/mol.